The largest absolute Gasteiger partial charge is 0.480 e. The monoisotopic (exact) mass is 523 g/mol. The summed E-state index contributed by atoms with van der Waals surface area (Å²) in [5.41, 5.74) is 0. The lowest BCUT2D eigenvalue weighted by Crippen LogP contribution is -2.43. The van der Waals surface area contributed by atoms with E-state index in [-0.39, 0.29) is 12.8 Å². The van der Waals surface area contributed by atoms with Crippen molar-refractivity contribution in [3.63, 3.8) is 0 Å². The highest BCUT2D eigenvalue weighted by Gasteiger charge is 2.28. The molecule has 0 aliphatic heterocycles. The van der Waals surface area contributed by atoms with Crippen LogP contribution in [0.25, 0.3) is 0 Å². The summed E-state index contributed by atoms with van der Waals surface area (Å²) in [6, 6.07) is -1.54. The van der Waals surface area contributed by atoms with Gasteiger partial charge in [0, 0.05) is 12.8 Å². The zero-order chi connectivity index (χ0) is 26.5. The van der Waals surface area contributed by atoms with Crippen LogP contribution in [-0.2, 0) is 32.7 Å². The van der Waals surface area contributed by atoms with Gasteiger partial charge in [-0.15, -0.1) is 0 Å². The Kier molecular flexibility index (Phi) is 19.4. The van der Waals surface area contributed by atoms with E-state index >= 15 is 0 Å². The number of allylic oxidation sites excluding steroid dienone is 2. The summed E-state index contributed by atoms with van der Waals surface area (Å²) >= 11 is 0. The molecule has 0 bridgehead atoms. The third kappa shape index (κ3) is 20.1. The van der Waals surface area contributed by atoms with Crippen molar-refractivity contribution >= 4 is 25.7 Å². The molecule has 0 rings (SSSR count). The molecule has 0 saturated heterocycles. The van der Waals surface area contributed by atoms with Gasteiger partial charge in [0.1, 0.15) is 12.7 Å². The Hall–Kier alpha value is -1.78. The summed E-state index contributed by atoms with van der Waals surface area (Å²) in [5, 5.41) is 21.1. The van der Waals surface area contributed by atoms with Crippen molar-refractivity contribution in [3.8, 4) is 0 Å². The van der Waals surface area contributed by atoms with Crippen LogP contribution >= 0.6 is 7.82 Å². The molecule has 204 valence electrons. The van der Waals surface area contributed by atoms with Crippen molar-refractivity contribution in [1.82, 2.24) is 5.32 Å². The molecule has 0 spiro atoms. The van der Waals surface area contributed by atoms with Crippen molar-refractivity contribution in [3.05, 3.63) is 12.2 Å². The van der Waals surface area contributed by atoms with Crippen LogP contribution < -0.4 is 5.32 Å². The molecule has 3 unspecified atom stereocenters. The topological polar surface area (TPSA) is 169 Å². The summed E-state index contributed by atoms with van der Waals surface area (Å²) in [6.45, 7) is 1.82. The number of aliphatic hydroxyl groups excluding tert-OH is 1. The van der Waals surface area contributed by atoms with E-state index in [1.54, 1.807) is 6.92 Å². The Morgan fingerprint density at radius 2 is 1.51 bits per heavy atom. The summed E-state index contributed by atoms with van der Waals surface area (Å²) < 4.78 is 25.8. The maximum Gasteiger partial charge on any atom is 0.472 e. The highest BCUT2D eigenvalue weighted by Crippen LogP contribution is 2.43. The van der Waals surface area contributed by atoms with Crippen LogP contribution in [-0.4, -0.2) is 64.9 Å². The van der Waals surface area contributed by atoms with Crippen LogP contribution in [0, 0.1) is 0 Å². The number of rotatable bonds is 22. The van der Waals surface area contributed by atoms with E-state index in [0.717, 1.165) is 38.5 Å². The predicted molar refractivity (Wildman–Crippen MR) is 130 cm³/mol. The van der Waals surface area contributed by atoms with Crippen molar-refractivity contribution in [2.45, 2.75) is 96.6 Å². The van der Waals surface area contributed by atoms with Crippen molar-refractivity contribution in [2.24, 2.45) is 0 Å². The number of carboxylic acids is 1. The van der Waals surface area contributed by atoms with Gasteiger partial charge < -0.3 is 25.2 Å². The minimum Gasteiger partial charge on any atom is -0.480 e. The number of phosphoric ester groups is 1. The number of ether oxygens (including phenoxy) is 1. The Balaban J connectivity index is 4.12. The molecular weight excluding hydrogens is 481 g/mol. The first-order valence-corrected chi connectivity index (χ1v) is 13.7. The van der Waals surface area contributed by atoms with E-state index < -0.39 is 57.6 Å². The third-order valence-corrected chi connectivity index (χ3v) is 5.81. The zero-order valence-electron chi connectivity index (χ0n) is 20.9. The van der Waals surface area contributed by atoms with Gasteiger partial charge in [0.25, 0.3) is 0 Å². The first-order valence-electron chi connectivity index (χ1n) is 12.2. The van der Waals surface area contributed by atoms with E-state index in [9.17, 15) is 34.1 Å². The molecule has 4 N–H and O–H groups in total. The maximum atomic E-state index is 12.0. The van der Waals surface area contributed by atoms with Gasteiger partial charge in [0.15, 0.2) is 6.04 Å². The van der Waals surface area contributed by atoms with Gasteiger partial charge in [-0.05, 0) is 25.7 Å². The molecule has 0 heterocycles. The van der Waals surface area contributed by atoms with Crippen LogP contribution in [0.1, 0.15) is 84.5 Å². The van der Waals surface area contributed by atoms with Gasteiger partial charge in [-0.3, -0.25) is 18.6 Å². The number of aliphatic hydroxyl groups is 1. The average molecular weight is 524 g/mol. The SMILES string of the molecule is CCCC/C=C\CCCCCCCC(=O)NC(COP(=O)(O)OCC(O)COC(=O)CC)C(=O)O. The summed E-state index contributed by atoms with van der Waals surface area (Å²) in [4.78, 5) is 44.1. The highest BCUT2D eigenvalue weighted by atomic mass is 31.2. The van der Waals surface area contributed by atoms with Gasteiger partial charge in [-0.2, -0.15) is 0 Å². The molecule has 0 aliphatic rings. The van der Waals surface area contributed by atoms with Crippen LogP contribution in [0.15, 0.2) is 12.2 Å². The molecule has 0 aromatic rings. The second-order valence-electron chi connectivity index (χ2n) is 8.13. The van der Waals surface area contributed by atoms with Gasteiger partial charge in [-0.25, -0.2) is 9.36 Å². The molecule has 0 aromatic carbocycles. The van der Waals surface area contributed by atoms with Crippen LogP contribution in [0.3, 0.4) is 0 Å². The number of amides is 1. The Morgan fingerprint density at radius 1 is 0.914 bits per heavy atom. The van der Waals surface area contributed by atoms with E-state index in [0.29, 0.717) is 6.42 Å². The maximum absolute atomic E-state index is 12.0. The van der Waals surface area contributed by atoms with Crippen LogP contribution in [0.5, 0.6) is 0 Å². The van der Waals surface area contributed by atoms with E-state index in [4.69, 9.17) is 0 Å². The van der Waals surface area contributed by atoms with Gasteiger partial charge in [0.05, 0.1) is 13.2 Å². The van der Waals surface area contributed by atoms with Crippen molar-refractivity contribution < 1.29 is 47.8 Å². The highest BCUT2D eigenvalue weighted by molar-refractivity contribution is 7.47. The first-order chi connectivity index (χ1) is 16.6. The number of carboxylic acid groups (broad SMARTS) is 1. The number of nitrogens with one attached hydrogen (secondary N) is 1. The van der Waals surface area contributed by atoms with Gasteiger partial charge in [0.2, 0.25) is 5.91 Å². The molecule has 0 fully saturated rings. The molecule has 35 heavy (non-hydrogen) atoms. The molecule has 0 saturated carbocycles. The van der Waals surface area contributed by atoms with Gasteiger partial charge >= 0.3 is 19.8 Å². The lowest BCUT2D eigenvalue weighted by molar-refractivity contribution is -0.146. The summed E-state index contributed by atoms with van der Waals surface area (Å²) in [5.74, 6) is -2.49. The van der Waals surface area contributed by atoms with Crippen molar-refractivity contribution in [2.75, 3.05) is 19.8 Å². The molecular formula is C23H42NO10P. The minimum atomic E-state index is -4.71. The molecule has 3 atom stereocenters. The Morgan fingerprint density at radius 3 is 2.14 bits per heavy atom. The number of aliphatic carboxylic acids is 1. The molecule has 11 nitrogen and oxygen atoms in total. The normalized spacial score (nSPS) is 14.9. The van der Waals surface area contributed by atoms with Crippen LogP contribution in [0.4, 0.5) is 0 Å². The molecule has 1 amide bonds. The molecule has 0 aromatic heterocycles. The zero-order valence-corrected chi connectivity index (χ0v) is 21.7. The molecule has 0 radical (unpaired) electrons. The fourth-order valence-electron chi connectivity index (χ4n) is 2.80. The lowest BCUT2D eigenvalue weighted by Gasteiger charge is -2.18. The number of phosphoric acid groups is 1. The minimum absolute atomic E-state index is 0.106. The number of hydrogen-bond donors (Lipinski definition) is 4. The number of unbranched alkanes of at least 4 members (excludes halogenated alkanes) is 7. The fourth-order valence-corrected chi connectivity index (χ4v) is 3.57. The van der Waals surface area contributed by atoms with E-state index in [2.05, 4.69) is 38.2 Å². The van der Waals surface area contributed by atoms with E-state index in [1.165, 1.54) is 12.8 Å². The van der Waals surface area contributed by atoms with Crippen LogP contribution in [0.2, 0.25) is 0 Å². The fraction of sp³-hybridized carbons (Fsp3) is 0.783. The summed E-state index contributed by atoms with van der Waals surface area (Å²) in [7, 11) is -4.71. The van der Waals surface area contributed by atoms with Crippen molar-refractivity contribution in [1.29, 1.82) is 0 Å². The second-order valence-corrected chi connectivity index (χ2v) is 9.58. The quantitative estimate of drug-likeness (QED) is 0.0713. The average Bonchev–Trinajstić information content (AvgIpc) is 2.82. The number of carbonyl (C=O) groups excluding carboxylic acids is 2. The summed E-state index contributed by atoms with van der Waals surface area (Å²) in [6.07, 6.45) is 12.5. The Bertz CT molecular complexity index is 685. The number of esters is 1. The Labute approximate surface area is 207 Å². The second kappa shape index (κ2) is 20.4. The number of hydrogen-bond acceptors (Lipinski definition) is 8. The standard InChI is InChI=1S/C23H42NO10P/c1-3-5-6-7-8-9-10-11-12-13-14-15-21(26)24-20(23(28)29)18-34-35(30,31)33-17-19(25)16-32-22(27)4-2/h7-8,19-20,25H,3-6,9-18H2,1-2H3,(H,24,26)(H,28,29)(H,30,31)/b8-7-. The van der Waals surface area contributed by atoms with Gasteiger partial charge in [-0.1, -0.05) is 58.1 Å². The smallest absolute Gasteiger partial charge is 0.472 e. The first kappa shape index (κ1) is 33.2. The number of carbonyl (C=O) groups is 3. The molecule has 12 heteroatoms. The van der Waals surface area contributed by atoms with E-state index in [1.807, 2.05) is 0 Å². The molecule has 0 aliphatic carbocycles. The predicted octanol–water partition coefficient (Wildman–Crippen LogP) is 3.48. The third-order valence-electron chi connectivity index (χ3n) is 4.86. The lowest BCUT2D eigenvalue weighted by atomic mass is 10.1.